The Labute approximate surface area is 85.2 Å². The van der Waals surface area contributed by atoms with E-state index in [9.17, 15) is 4.79 Å². The zero-order chi connectivity index (χ0) is 10.6. The van der Waals surface area contributed by atoms with E-state index in [0.29, 0.717) is 12.2 Å². The second-order valence-corrected chi connectivity index (χ2v) is 3.75. The first-order valence-corrected chi connectivity index (χ1v) is 5.17. The Morgan fingerprint density at radius 2 is 2.29 bits per heavy atom. The van der Waals surface area contributed by atoms with Gasteiger partial charge in [0.05, 0.1) is 0 Å². The Morgan fingerprint density at radius 1 is 1.57 bits per heavy atom. The van der Waals surface area contributed by atoms with Crippen molar-refractivity contribution in [3.63, 3.8) is 0 Å². The van der Waals surface area contributed by atoms with Gasteiger partial charge in [0.25, 0.3) is 0 Å². The standard InChI is InChI=1S/C11H18N2O/c1-4-13-8-7-12-11(13)6-5-10(14)9(2)3/h7-9H,4-6H2,1-3H3. The number of Topliss-reactive ketones (excluding diaryl/α,β-unsaturated/α-hetero) is 1. The van der Waals surface area contributed by atoms with Crippen LogP contribution in [0.3, 0.4) is 0 Å². The van der Waals surface area contributed by atoms with Crippen molar-refractivity contribution in [1.29, 1.82) is 0 Å². The van der Waals surface area contributed by atoms with Gasteiger partial charge in [-0.25, -0.2) is 4.98 Å². The molecule has 0 aliphatic heterocycles. The number of imidazole rings is 1. The average Bonchev–Trinajstić information content (AvgIpc) is 2.60. The SMILES string of the molecule is CCn1ccnc1CCC(=O)C(C)C. The molecule has 0 aliphatic carbocycles. The molecule has 0 fully saturated rings. The Bertz CT molecular complexity index is 302. The summed E-state index contributed by atoms with van der Waals surface area (Å²) in [5, 5.41) is 0. The lowest BCUT2D eigenvalue weighted by atomic mass is 10.0. The number of rotatable bonds is 5. The van der Waals surface area contributed by atoms with Crippen LogP contribution in [0, 0.1) is 5.92 Å². The van der Waals surface area contributed by atoms with Crippen molar-refractivity contribution in [2.24, 2.45) is 5.92 Å². The maximum atomic E-state index is 11.4. The summed E-state index contributed by atoms with van der Waals surface area (Å²) in [5.74, 6) is 1.47. The van der Waals surface area contributed by atoms with Crippen LogP contribution in [0.25, 0.3) is 0 Å². The molecule has 1 aromatic heterocycles. The normalized spacial score (nSPS) is 10.9. The van der Waals surface area contributed by atoms with Crippen LogP contribution >= 0.6 is 0 Å². The predicted octanol–water partition coefficient (Wildman–Crippen LogP) is 2.06. The maximum absolute atomic E-state index is 11.4. The summed E-state index contributed by atoms with van der Waals surface area (Å²) in [4.78, 5) is 15.6. The van der Waals surface area contributed by atoms with Crippen molar-refractivity contribution < 1.29 is 4.79 Å². The molecule has 0 saturated heterocycles. The number of carbonyl (C=O) groups is 1. The lowest BCUT2D eigenvalue weighted by Crippen LogP contribution is -2.10. The molecule has 0 unspecified atom stereocenters. The first-order valence-electron chi connectivity index (χ1n) is 5.17. The molecule has 0 N–H and O–H groups in total. The van der Waals surface area contributed by atoms with Gasteiger partial charge >= 0.3 is 0 Å². The van der Waals surface area contributed by atoms with E-state index in [0.717, 1.165) is 18.8 Å². The fraction of sp³-hybridized carbons (Fsp3) is 0.636. The van der Waals surface area contributed by atoms with Crippen LogP contribution in [0.2, 0.25) is 0 Å². The van der Waals surface area contributed by atoms with Crippen LogP contribution in [0.1, 0.15) is 33.0 Å². The van der Waals surface area contributed by atoms with Gasteiger partial charge in [0.15, 0.2) is 0 Å². The summed E-state index contributed by atoms with van der Waals surface area (Å²) in [7, 11) is 0. The number of aromatic nitrogens is 2. The molecule has 14 heavy (non-hydrogen) atoms. The monoisotopic (exact) mass is 194 g/mol. The van der Waals surface area contributed by atoms with Crippen molar-refractivity contribution in [1.82, 2.24) is 9.55 Å². The molecule has 1 heterocycles. The summed E-state index contributed by atoms with van der Waals surface area (Å²) in [6, 6.07) is 0. The third-order valence-corrected chi connectivity index (χ3v) is 2.38. The molecular formula is C11H18N2O. The zero-order valence-electron chi connectivity index (χ0n) is 9.16. The van der Waals surface area contributed by atoms with Gasteiger partial charge in [0, 0.05) is 37.7 Å². The molecule has 0 bridgehead atoms. The molecule has 3 heteroatoms. The minimum absolute atomic E-state index is 0.139. The van der Waals surface area contributed by atoms with Gasteiger partial charge in [-0.15, -0.1) is 0 Å². The van der Waals surface area contributed by atoms with E-state index < -0.39 is 0 Å². The Balaban J connectivity index is 2.49. The van der Waals surface area contributed by atoms with Gasteiger partial charge in [-0.3, -0.25) is 4.79 Å². The highest BCUT2D eigenvalue weighted by Crippen LogP contribution is 2.05. The average molecular weight is 194 g/mol. The zero-order valence-corrected chi connectivity index (χ0v) is 9.16. The molecule has 0 spiro atoms. The summed E-state index contributed by atoms with van der Waals surface area (Å²) in [6.45, 7) is 6.88. The number of nitrogens with zero attached hydrogens (tertiary/aromatic N) is 2. The topological polar surface area (TPSA) is 34.9 Å². The summed E-state index contributed by atoms with van der Waals surface area (Å²) in [6.07, 6.45) is 5.11. The largest absolute Gasteiger partial charge is 0.335 e. The molecule has 0 aromatic carbocycles. The van der Waals surface area contributed by atoms with Crippen LogP contribution in [0.15, 0.2) is 12.4 Å². The van der Waals surface area contributed by atoms with Crippen LogP contribution in [-0.4, -0.2) is 15.3 Å². The van der Waals surface area contributed by atoms with E-state index in [1.54, 1.807) is 6.20 Å². The minimum atomic E-state index is 0.139. The van der Waals surface area contributed by atoms with Gasteiger partial charge in [-0.2, -0.15) is 0 Å². The Hall–Kier alpha value is -1.12. The third kappa shape index (κ3) is 2.69. The summed E-state index contributed by atoms with van der Waals surface area (Å²) >= 11 is 0. The molecular weight excluding hydrogens is 176 g/mol. The predicted molar refractivity (Wildman–Crippen MR) is 56.1 cm³/mol. The van der Waals surface area contributed by atoms with E-state index in [1.807, 2.05) is 20.0 Å². The molecule has 1 rings (SSSR count). The highest BCUT2D eigenvalue weighted by molar-refractivity contribution is 5.80. The van der Waals surface area contributed by atoms with Crippen LogP contribution in [-0.2, 0) is 17.8 Å². The van der Waals surface area contributed by atoms with Crippen molar-refractivity contribution in [2.75, 3.05) is 0 Å². The van der Waals surface area contributed by atoms with Gasteiger partial charge in [0.1, 0.15) is 11.6 Å². The van der Waals surface area contributed by atoms with Crippen molar-refractivity contribution in [3.8, 4) is 0 Å². The third-order valence-electron chi connectivity index (χ3n) is 2.38. The second-order valence-electron chi connectivity index (χ2n) is 3.75. The minimum Gasteiger partial charge on any atom is -0.335 e. The first kappa shape index (κ1) is 11.0. The Kier molecular flexibility index (Phi) is 3.86. The van der Waals surface area contributed by atoms with Gasteiger partial charge in [-0.1, -0.05) is 13.8 Å². The lowest BCUT2D eigenvalue weighted by Gasteiger charge is -2.05. The highest BCUT2D eigenvalue weighted by Gasteiger charge is 2.09. The molecule has 78 valence electrons. The molecule has 0 atom stereocenters. The summed E-state index contributed by atoms with van der Waals surface area (Å²) in [5.41, 5.74) is 0. The van der Waals surface area contributed by atoms with Crippen LogP contribution < -0.4 is 0 Å². The lowest BCUT2D eigenvalue weighted by molar-refractivity contribution is -0.121. The Morgan fingerprint density at radius 3 is 2.86 bits per heavy atom. The maximum Gasteiger partial charge on any atom is 0.135 e. The molecule has 0 aliphatic rings. The second kappa shape index (κ2) is 4.94. The number of hydrogen-bond acceptors (Lipinski definition) is 2. The van der Waals surface area contributed by atoms with E-state index in [-0.39, 0.29) is 5.92 Å². The quantitative estimate of drug-likeness (QED) is 0.719. The van der Waals surface area contributed by atoms with Crippen molar-refractivity contribution >= 4 is 5.78 Å². The summed E-state index contributed by atoms with van der Waals surface area (Å²) < 4.78 is 2.08. The fourth-order valence-corrected chi connectivity index (χ4v) is 1.38. The van der Waals surface area contributed by atoms with Crippen LogP contribution in [0.5, 0.6) is 0 Å². The van der Waals surface area contributed by atoms with E-state index >= 15 is 0 Å². The van der Waals surface area contributed by atoms with Gasteiger partial charge in [-0.05, 0) is 6.92 Å². The molecule has 0 amide bonds. The number of hydrogen-bond donors (Lipinski definition) is 0. The van der Waals surface area contributed by atoms with E-state index in [4.69, 9.17) is 0 Å². The molecule has 1 aromatic rings. The van der Waals surface area contributed by atoms with Gasteiger partial charge in [0.2, 0.25) is 0 Å². The molecule has 0 radical (unpaired) electrons. The first-order chi connectivity index (χ1) is 6.65. The smallest absolute Gasteiger partial charge is 0.135 e. The van der Waals surface area contributed by atoms with Gasteiger partial charge < -0.3 is 4.57 Å². The number of ketones is 1. The van der Waals surface area contributed by atoms with E-state index in [2.05, 4.69) is 16.5 Å². The molecule has 0 saturated carbocycles. The van der Waals surface area contributed by atoms with Crippen molar-refractivity contribution in [3.05, 3.63) is 18.2 Å². The number of aryl methyl sites for hydroxylation is 2. The highest BCUT2D eigenvalue weighted by atomic mass is 16.1. The fourth-order valence-electron chi connectivity index (χ4n) is 1.38. The number of carbonyl (C=O) groups excluding carboxylic acids is 1. The van der Waals surface area contributed by atoms with E-state index in [1.165, 1.54) is 0 Å². The van der Waals surface area contributed by atoms with Crippen molar-refractivity contribution in [2.45, 2.75) is 40.2 Å². The molecule has 3 nitrogen and oxygen atoms in total. The van der Waals surface area contributed by atoms with Crippen LogP contribution in [0.4, 0.5) is 0 Å².